The number of benzene rings is 2. The molecule has 1 atom stereocenters. The fraction of sp³-hybridized carbons (Fsp3) is 0.0667. The summed E-state index contributed by atoms with van der Waals surface area (Å²) >= 11 is 0. The van der Waals surface area contributed by atoms with Gasteiger partial charge in [-0.25, -0.2) is 4.39 Å². The zero-order valence-electron chi connectivity index (χ0n) is 10.4. The highest BCUT2D eigenvalue weighted by atomic mass is 19.1. The van der Waals surface area contributed by atoms with Crippen LogP contribution in [0.5, 0.6) is 0 Å². The normalized spacial score (nSPS) is 12.3. The van der Waals surface area contributed by atoms with Crippen LogP contribution in [0.1, 0.15) is 17.6 Å². The highest BCUT2D eigenvalue weighted by Crippen LogP contribution is 2.24. The lowest BCUT2D eigenvalue weighted by molar-refractivity contribution is 0.183. The second-order valence-corrected chi connectivity index (χ2v) is 4.27. The highest BCUT2D eigenvalue weighted by molar-refractivity contribution is 5.51. The largest absolute Gasteiger partial charge is 0.417 e. The summed E-state index contributed by atoms with van der Waals surface area (Å²) in [5.74, 6) is 0.0497. The van der Waals surface area contributed by atoms with Crippen molar-refractivity contribution in [3.05, 3.63) is 71.9 Å². The molecule has 0 fully saturated rings. The summed E-state index contributed by atoms with van der Waals surface area (Å²) in [5, 5.41) is 17.9. The van der Waals surface area contributed by atoms with Gasteiger partial charge in [-0.15, -0.1) is 10.2 Å². The minimum Gasteiger partial charge on any atom is -0.417 e. The first-order chi connectivity index (χ1) is 9.74. The average molecular weight is 270 g/mol. The van der Waals surface area contributed by atoms with Crippen LogP contribution >= 0.6 is 0 Å². The molecule has 20 heavy (non-hydrogen) atoms. The lowest BCUT2D eigenvalue weighted by Crippen LogP contribution is -1.99. The minimum atomic E-state index is -1.07. The number of halogens is 1. The van der Waals surface area contributed by atoms with Gasteiger partial charge in [0.05, 0.1) is 0 Å². The number of aliphatic hydroxyl groups is 1. The Labute approximate surface area is 114 Å². The average Bonchev–Trinajstić information content (AvgIpc) is 2.98. The lowest BCUT2D eigenvalue weighted by Gasteiger charge is -2.05. The molecule has 0 bridgehead atoms. The zero-order valence-corrected chi connectivity index (χ0v) is 10.4. The van der Waals surface area contributed by atoms with E-state index in [0.29, 0.717) is 11.5 Å². The van der Waals surface area contributed by atoms with Crippen molar-refractivity contribution in [3.63, 3.8) is 0 Å². The van der Waals surface area contributed by atoms with E-state index in [1.807, 2.05) is 30.3 Å². The number of aromatic nitrogens is 2. The first-order valence-electron chi connectivity index (χ1n) is 6.06. The van der Waals surface area contributed by atoms with Crippen molar-refractivity contribution in [2.24, 2.45) is 0 Å². The van der Waals surface area contributed by atoms with Crippen LogP contribution in [0, 0.1) is 5.82 Å². The zero-order chi connectivity index (χ0) is 13.9. The van der Waals surface area contributed by atoms with E-state index in [1.54, 1.807) is 0 Å². The molecule has 4 nitrogen and oxygen atoms in total. The van der Waals surface area contributed by atoms with Gasteiger partial charge in [0.15, 0.2) is 6.10 Å². The molecule has 5 heteroatoms. The Morgan fingerprint density at radius 3 is 2.35 bits per heavy atom. The number of nitrogens with zero attached hydrogens (tertiary/aromatic N) is 2. The summed E-state index contributed by atoms with van der Waals surface area (Å²) in [4.78, 5) is 0. The third-order valence-electron chi connectivity index (χ3n) is 2.88. The first kappa shape index (κ1) is 12.5. The van der Waals surface area contributed by atoms with Gasteiger partial charge in [-0.05, 0) is 29.8 Å². The van der Waals surface area contributed by atoms with E-state index in [0.717, 1.165) is 5.56 Å². The Balaban J connectivity index is 1.88. The SMILES string of the molecule is O[C@H](c1ccc(F)cc1)c1nnc(-c2ccccc2)o1. The molecule has 0 amide bonds. The molecule has 3 aromatic rings. The second kappa shape index (κ2) is 5.22. The minimum absolute atomic E-state index is 0.0791. The Kier molecular flexibility index (Phi) is 3.26. The molecule has 0 spiro atoms. The van der Waals surface area contributed by atoms with Crippen LogP contribution in [0.2, 0.25) is 0 Å². The Hall–Kier alpha value is -2.53. The number of rotatable bonds is 3. The van der Waals surface area contributed by atoms with Gasteiger partial charge in [0.1, 0.15) is 5.82 Å². The topological polar surface area (TPSA) is 59.2 Å². The van der Waals surface area contributed by atoms with Gasteiger partial charge in [-0.3, -0.25) is 0 Å². The molecule has 1 aromatic heterocycles. The molecular formula is C15H11FN2O2. The molecular weight excluding hydrogens is 259 g/mol. The van der Waals surface area contributed by atoms with Gasteiger partial charge in [-0.2, -0.15) is 0 Å². The molecule has 2 aromatic carbocycles. The van der Waals surface area contributed by atoms with Crippen molar-refractivity contribution in [1.29, 1.82) is 0 Å². The molecule has 0 saturated heterocycles. The molecule has 0 radical (unpaired) electrons. The van der Waals surface area contributed by atoms with Crippen LogP contribution in [0.3, 0.4) is 0 Å². The number of hydrogen-bond acceptors (Lipinski definition) is 4. The third kappa shape index (κ3) is 2.44. The van der Waals surface area contributed by atoms with Crippen molar-refractivity contribution in [2.45, 2.75) is 6.10 Å². The van der Waals surface area contributed by atoms with Crippen LogP contribution in [0.15, 0.2) is 59.0 Å². The van der Waals surface area contributed by atoms with E-state index in [-0.39, 0.29) is 11.7 Å². The molecule has 1 N–H and O–H groups in total. The summed E-state index contributed by atoms with van der Waals surface area (Å²) in [6.45, 7) is 0. The third-order valence-corrected chi connectivity index (χ3v) is 2.88. The monoisotopic (exact) mass is 270 g/mol. The van der Waals surface area contributed by atoms with Gasteiger partial charge in [0.25, 0.3) is 0 Å². The van der Waals surface area contributed by atoms with Gasteiger partial charge >= 0.3 is 0 Å². The molecule has 0 saturated carbocycles. The van der Waals surface area contributed by atoms with E-state index in [1.165, 1.54) is 24.3 Å². The van der Waals surface area contributed by atoms with Crippen molar-refractivity contribution < 1.29 is 13.9 Å². The van der Waals surface area contributed by atoms with Crippen molar-refractivity contribution in [1.82, 2.24) is 10.2 Å². The number of hydrogen-bond donors (Lipinski definition) is 1. The van der Waals surface area contributed by atoms with Gasteiger partial charge in [0, 0.05) is 5.56 Å². The van der Waals surface area contributed by atoms with Crippen LogP contribution in [0.4, 0.5) is 4.39 Å². The fourth-order valence-corrected chi connectivity index (χ4v) is 1.83. The second-order valence-electron chi connectivity index (χ2n) is 4.27. The van der Waals surface area contributed by atoms with E-state index < -0.39 is 6.10 Å². The maximum Gasteiger partial charge on any atom is 0.249 e. The predicted molar refractivity (Wildman–Crippen MR) is 70.2 cm³/mol. The van der Waals surface area contributed by atoms with E-state index in [2.05, 4.69) is 10.2 Å². The summed E-state index contributed by atoms with van der Waals surface area (Å²) in [7, 11) is 0. The summed E-state index contributed by atoms with van der Waals surface area (Å²) in [6.07, 6.45) is -1.07. The van der Waals surface area contributed by atoms with Crippen molar-refractivity contribution in [2.75, 3.05) is 0 Å². The molecule has 0 aliphatic carbocycles. The van der Waals surface area contributed by atoms with Crippen LogP contribution in [-0.2, 0) is 0 Å². The maximum absolute atomic E-state index is 12.8. The number of aliphatic hydroxyl groups excluding tert-OH is 1. The summed E-state index contributed by atoms with van der Waals surface area (Å²) in [6, 6.07) is 14.8. The Morgan fingerprint density at radius 2 is 1.65 bits per heavy atom. The van der Waals surface area contributed by atoms with Gasteiger partial charge in [-0.1, -0.05) is 30.3 Å². The Bertz CT molecular complexity index is 695. The smallest absolute Gasteiger partial charge is 0.249 e. The quantitative estimate of drug-likeness (QED) is 0.795. The molecule has 0 unspecified atom stereocenters. The molecule has 100 valence electrons. The van der Waals surface area contributed by atoms with Crippen LogP contribution in [-0.4, -0.2) is 15.3 Å². The molecule has 0 aliphatic rings. The van der Waals surface area contributed by atoms with E-state index in [4.69, 9.17) is 4.42 Å². The summed E-state index contributed by atoms with van der Waals surface area (Å²) < 4.78 is 18.3. The maximum atomic E-state index is 12.8. The molecule has 1 heterocycles. The van der Waals surface area contributed by atoms with Crippen LogP contribution in [0.25, 0.3) is 11.5 Å². The van der Waals surface area contributed by atoms with E-state index >= 15 is 0 Å². The van der Waals surface area contributed by atoms with Crippen molar-refractivity contribution >= 4 is 0 Å². The lowest BCUT2D eigenvalue weighted by atomic mass is 10.1. The van der Waals surface area contributed by atoms with Gasteiger partial charge < -0.3 is 9.52 Å². The highest BCUT2D eigenvalue weighted by Gasteiger charge is 2.18. The van der Waals surface area contributed by atoms with Gasteiger partial charge in [0.2, 0.25) is 11.8 Å². The standard InChI is InChI=1S/C15H11FN2O2/c16-12-8-6-10(7-9-12)13(19)15-18-17-14(20-15)11-4-2-1-3-5-11/h1-9,13,19H/t13-/m1/s1. The van der Waals surface area contributed by atoms with Crippen molar-refractivity contribution in [3.8, 4) is 11.5 Å². The molecule has 0 aliphatic heterocycles. The first-order valence-corrected chi connectivity index (χ1v) is 6.06. The fourth-order valence-electron chi connectivity index (χ4n) is 1.83. The van der Waals surface area contributed by atoms with Crippen LogP contribution < -0.4 is 0 Å². The van der Waals surface area contributed by atoms with E-state index in [9.17, 15) is 9.50 Å². The Morgan fingerprint density at radius 1 is 0.950 bits per heavy atom. The predicted octanol–water partition coefficient (Wildman–Crippen LogP) is 2.96. The summed E-state index contributed by atoms with van der Waals surface area (Å²) in [5.41, 5.74) is 1.27. The molecule has 3 rings (SSSR count).